The third kappa shape index (κ3) is 4.09. The Kier molecular flexibility index (Phi) is 4.99. The molecule has 2 rings (SSSR count). The molecule has 0 atom stereocenters. The Labute approximate surface area is 96.7 Å². The first-order chi connectivity index (χ1) is 7.76. The van der Waals surface area contributed by atoms with Crippen molar-refractivity contribution in [1.82, 2.24) is 9.55 Å². The van der Waals surface area contributed by atoms with Crippen molar-refractivity contribution in [1.29, 1.82) is 0 Å². The van der Waals surface area contributed by atoms with Gasteiger partial charge in [-0.3, -0.25) is 4.98 Å². The van der Waals surface area contributed by atoms with Crippen LogP contribution in [0.25, 0.3) is 6.08 Å². The fraction of sp³-hybridized carbons (Fsp3) is 0.231. The second-order valence-corrected chi connectivity index (χ2v) is 3.39. The molecule has 0 aromatic carbocycles. The van der Waals surface area contributed by atoms with Crippen molar-refractivity contribution in [2.24, 2.45) is 7.05 Å². The van der Waals surface area contributed by atoms with E-state index in [9.17, 15) is 0 Å². The van der Waals surface area contributed by atoms with Gasteiger partial charge in [0.15, 0.2) is 0 Å². The number of hydrogen-bond acceptors (Lipinski definition) is 1. The number of aromatic nitrogens is 3. The van der Waals surface area contributed by atoms with Gasteiger partial charge in [-0.15, -0.1) is 0 Å². The van der Waals surface area contributed by atoms with Crippen molar-refractivity contribution in [3.63, 3.8) is 0 Å². The van der Waals surface area contributed by atoms with E-state index in [0.29, 0.717) is 0 Å². The van der Waals surface area contributed by atoms with Gasteiger partial charge in [-0.25, -0.2) is 9.13 Å². The molecule has 84 valence electrons. The average Bonchev–Trinajstić information content (AvgIpc) is 2.77. The van der Waals surface area contributed by atoms with Gasteiger partial charge in [-0.1, -0.05) is 12.7 Å². The molecule has 0 amide bonds. The van der Waals surface area contributed by atoms with E-state index in [4.69, 9.17) is 0 Å². The Hall–Kier alpha value is -1.90. The lowest BCUT2D eigenvalue weighted by molar-refractivity contribution is -0.671. The normalized spacial score (nSPS) is 9.12. The van der Waals surface area contributed by atoms with Gasteiger partial charge < -0.3 is 0 Å². The maximum atomic E-state index is 3.85. The first-order valence-electron chi connectivity index (χ1n) is 5.29. The van der Waals surface area contributed by atoms with Crippen LogP contribution in [0, 0.1) is 0 Å². The Morgan fingerprint density at radius 1 is 1.44 bits per heavy atom. The van der Waals surface area contributed by atoms with Crippen LogP contribution in [0.4, 0.5) is 0 Å². The number of imidazole rings is 1. The summed E-state index contributed by atoms with van der Waals surface area (Å²) in [5, 5.41) is 0. The summed E-state index contributed by atoms with van der Waals surface area (Å²) < 4.78 is 4.16. The molecular formula is C13H18N3+. The zero-order valence-electron chi connectivity index (χ0n) is 9.87. The molecule has 16 heavy (non-hydrogen) atoms. The lowest BCUT2D eigenvalue weighted by Gasteiger charge is -1.84. The van der Waals surface area contributed by atoms with Crippen LogP contribution in [0.15, 0.2) is 49.8 Å². The molecule has 0 bridgehead atoms. The largest absolute Gasteiger partial charge is 0.265 e. The van der Waals surface area contributed by atoms with Crippen LogP contribution in [0.2, 0.25) is 0 Å². The van der Waals surface area contributed by atoms with Crippen molar-refractivity contribution in [3.05, 3.63) is 55.4 Å². The van der Waals surface area contributed by atoms with E-state index in [2.05, 4.69) is 35.6 Å². The van der Waals surface area contributed by atoms with Crippen LogP contribution in [0.3, 0.4) is 0 Å². The maximum absolute atomic E-state index is 3.85. The van der Waals surface area contributed by atoms with Crippen molar-refractivity contribution in [2.75, 3.05) is 0 Å². The monoisotopic (exact) mass is 216 g/mol. The predicted octanol–water partition coefficient (Wildman–Crippen LogP) is 2.06. The topological polar surface area (TPSA) is 21.7 Å². The fourth-order valence-corrected chi connectivity index (χ4v) is 1.19. The quantitative estimate of drug-likeness (QED) is 0.704. The SMILES string of the molecule is C=Cc1ccncc1.CCn1cc[n+](C)c1. The van der Waals surface area contributed by atoms with E-state index in [0.717, 1.165) is 12.1 Å². The van der Waals surface area contributed by atoms with Gasteiger partial charge in [0.25, 0.3) is 0 Å². The van der Waals surface area contributed by atoms with E-state index >= 15 is 0 Å². The van der Waals surface area contributed by atoms with Crippen molar-refractivity contribution >= 4 is 6.08 Å². The molecule has 0 spiro atoms. The van der Waals surface area contributed by atoms with Crippen LogP contribution in [0.1, 0.15) is 12.5 Å². The van der Waals surface area contributed by atoms with Crippen molar-refractivity contribution in [3.8, 4) is 0 Å². The highest BCUT2D eigenvalue weighted by atomic mass is 15.1. The molecule has 0 saturated carbocycles. The Morgan fingerprint density at radius 2 is 2.12 bits per heavy atom. The molecule has 0 fully saturated rings. The molecular weight excluding hydrogens is 198 g/mol. The third-order valence-corrected chi connectivity index (χ3v) is 2.13. The van der Waals surface area contributed by atoms with Gasteiger partial charge in [0, 0.05) is 12.4 Å². The number of rotatable bonds is 2. The first kappa shape index (κ1) is 12.2. The van der Waals surface area contributed by atoms with E-state index in [1.807, 2.05) is 29.9 Å². The minimum Gasteiger partial charge on any atom is -0.265 e. The molecule has 2 aromatic heterocycles. The minimum absolute atomic E-state index is 1.06. The zero-order chi connectivity index (χ0) is 11.8. The fourth-order valence-electron chi connectivity index (χ4n) is 1.19. The molecule has 2 heterocycles. The third-order valence-electron chi connectivity index (χ3n) is 2.13. The van der Waals surface area contributed by atoms with Crippen LogP contribution >= 0.6 is 0 Å². The number of hydrogen-bond donors (Lipinski definition) is 0. The molecule has 0 aliphatic heterocycles. The average molecular weight is 216 g/mol. The molecule has 0 aliphatic rings. The molecule has 0 saturated heterocycles. The maximum Gasteiger partial charge on any atom is 0.243 e. The second kappa shape index (κ2) is 6.56. The van der Waals surface area contributed by atoms with Gasteiger partial charge in [-0.2, -0.15) is 0 Å². The van der Waals surface area contributed by atoms with E-state index in [1.165, 1.54) is 0 Å². The number of nitrogens with zero attached hydrogens (tertiary/aromatic N) is 3. The highest BCUT2D eigenvalue weighted by Crippen LogP contribution is 1.95. The predicted molar refractivity (Wildman–Crippen MR) is 65.6 cm³/mol. The summed E-state index contributed by atoms with van der Waals surface area (Å²) in [5.41, 5.74) is 1.11. The molecule has 2 aromatic rings. The van der Waals surface area contributed by atoms with E-state index < -0.39 is 0 Å². The summed E-state index contributed by atoms with van der Waals surface area (Å²) in [6.45, 7) is 6.78. The number of aryl methyl sites for hydroxylation is 2. The lowest BCUT2D eigenvalue weighted by Crippen LogP contribution is -2.23. The van der Waals surface area contributed by atoms with Gasteiger partial charge in [0.05, 0.1) is 13.6 Å². The van der Waals surface area contributed by atoms with Gasteiger partial charge in [0.1, 0.15) is 12.4 Å². The first-order valence-corrected chi connectivity index (χ1v) is 5.29. The Bertz CT molecular complexity index is 418. The summed E-state index contributed by atoms with van der Waals surface area (Å²) >= 11 is 0. The summed E-state index contributed by atoms with van der Waals surface area (Å²) in [6, 6.07) is 3.82. The minimum atomic E-state index is 1.06. The summed E-state index contributed by atoms with van der Waals surface area (Å²) in [7, 11) is 2.02. The summed E-state index contributed by atoms with van der Waals surface area (Å²) in [5.74, 6) is 0. The van der Waals surface area contributed by atoms with Crippen LogP contribution < -0.4 is 4.57 Å². The van der Waals surface area contributed by atoms with Crippen molar-refractivity contribution in [2.45, 2.75) is 13.5 Å². The van der Waals surface area contributed by atoms with Gasteiger partial charge in [-0.05, 0) is 24.6 Å². The van der Waals surface area contributed by atoms with Crippen LogP contribution in [0.5, 0.6) is 0 Å². The smallest absolute Gasteiger partial charge is 0.243 e. The zero-order valence-corrected chi connectivity index (χ0v) is 9.87. The van der Waals surface area contributed by atoms with Crippen molar-refractivity contribution < 1.29 is 4.57 Å². The van der Waals surface area contributed by atoms with Gasteiger partial charge >= 0.3 is 0 Å². The van der Waals surface area contributed by atoms with Crippen LogP contribution in [-0.2, 0) is 13.6 Å². The molecule has 3 heteroatoms. The standard InChI is InChI=1S/C7H7N.C6H11N2/c1-2-7-3-5-8-6-4-7;1-3-8-5-4-7(2)6-8/h2-6H,1H2;4-6H,3H2,1-2H3/q;+1. The second-order valence-electron chi connectivity index (χ2n) is 3.39. The molecule has 0 radical (unpaired) electrons. The highest BCUT2D eigenvalue weighted by molar-refractivity contribution is 5.44. The highest BCUT2D eigenvalue weighted by Gasteiger charge is 1.92. The molecule has 0 unspecified atom stereocenters. The number of pyridine rings is 1. The summed E-state index contributed by atoms with van der Waals surface area (Å²) in [6.07, 6.45) is 11.4. The lowest BCUT2D eigenvalue weighted by atomic mass is 10.3. The Balaban J connectivity index is 0.000000160. The molecule has 0 N–H and O–H groups in total. The Morgan fingerprint density at radius 3 is 2.44 bits per heavy atom. The van der Waals surface area contributed by atoms with E-state index in [-0.39, 0.29) is 0 Å². The molecule has 3 nitrogen and oxygen atoms in total. The summed E-state index contributed by atoms with van der Waals surface area (Å²) in [4.78, 5) is 3.85. The molecule has 0 aliphatic carbocycles. The van der Waals surface area contributed by atoms with E-state index in [1.54, 1.807) is 18.5 Å². The van der Waals surface area contributed by atoms with Gasteiger partial charge in [0.2, 0.25) is 6.33 Å². The van der Waals surface area contributed by atoms with Crippen LogP contribution in [-0.4, -0.2) is 9.55 Å².